The van der Waals surface area contributed by atoms with Crippen molar-refractivity contribution in [3.05, 3.63) is 34.9 Å². The molecule has 0 aliphatic carbocycles. The summed E-state index contributed by atoms with van der Waals surface area (Å²) in [4.78, 5) is 5.39. The van der Waals surface area contributed by atoms with Crippen LogP contribution in [0, 0.1) is 0 Å². The van der Waals surface area contributed by atoms with Gasteiger partial charge in [0.25, 0.3) is 0 Å². The van der Waals surface area contributed by atoms with Crippen molar-refractivity contribution in [1.82, 2.24) is 9.80 Å². The maximum atomic E-state index is 6.00. The van der Waals surface area contributed by atoms with Gasteiger partial charge in [0.15, 0.2) is 0 Å². The zero-order valence-corrected chi connectivity index (χ0v) is 13.1. The molecule has 0 bridgehead atoms. The van der Waals surface area contributed by atoms with Crippen LogP contribution < -0.4 is 0 Å². The van der Waals surface area contributed by atoms with Gasteiger partial charge in [0.05, 0.1) is 0 Å². The molecular formula is C17H25ClN2. The first kappa shape index (κ1) is 14.4. The van der Waals surface area contributed by atoms with Crippen molar-refractivity contribution in [1.29, 1.82) is 0 Å². The van der Waals surface area contributed by atoms with Crippen molar-refractivity contribution in [3.8, 4) is 0 Å². The molecule has 2 nitrogen and oxygen atoms in total. The lowest BCUT2D eigenvalue weighted by Gasteiger charge is -2.37. The topological polar surface area (TPSA) is 6.48 Å². The first-order valence-corrected chi connectivity index (χ1v) is 8.35. The van der Waals surface area contributed by atoms with Crippen LogP contribution in [0.25, 0.3) is 0 Å². The smallest absolute Gasteiger partial charge is 0.0406 e. The molecule has 0 N–H and O–H groups in total. The molecule has 3 rings (SSSR count). The van der Waals surface area contributed by atoms with E-state index in [0.29, 0.717) is 6.04 Å². The Hall–Kier alpha value is -0.570. The molecule has 2 saturated heterocycles. The van der Waals surface area contributed by atoms with E-state index in [1.165, 1.54) is 57.4 Å². The minimum absolute atomic E-state index is 0.495. The van der Waals surface area contributed by atoms with Crippen molar-refractivity contribution in [2.75, 3.05) is 26.2 Å². The van der Waals surface area contributed by atoms with Crippen molar-refractivity contribution in [2.24, 2.45) is 0 Å². The van der Waals surface area contributed by atoms with Gasteiger partial charge in [-0.2, -0.15) is 0 Å². The number of halogens is 1. The number of hydrogen-bond donors (Lipinski definition) is 0. The van der Waals surface area contributed by atoms with Crippen LogP contribution in [0.3, 0.4) is 0 Å². The van der Waals surface area contributed by atoms with E-state index in [1.807, 2.05) is 12.1 Å². The number of hydrogen-bond acceptors (Lipinski definition) is 2. The molecule has 20 heavy (non-hydrogen) atoms. The van der Waals surface area contributed by atoms with Crippen molar-refractivity contribution in [3.63, 3.8) is 0 Å². The molecule has 2 unspecified atom stereocenters. The highest BCUT2D eigenvalue weighted by Gasteiger charge is 2.29. The molecule has 2 aliphatic rings. The highest BCUT2D eigenvalue weighted by Crippen LogP contribution is 2.27. The van der Waals surface area contributed by atoms with Crippen molar-refractivity contribution in [2.45, 2.75) is 44.7 Å². The largest absolute Gasteiger partial charge is 0.299 e. The van der Waals surface area contributed by atoms with Crippen LogP contribution in [0.1, 0.15) is 44.2 Å². The molecule has 1 aromatic carbocycles. The Morgan fingerprint density at radius 3 is 2.60 bits per heavy atom. The molecule has 2 fully saturated rings. The summed E-state index contributed by atoms with van der Waals surface area (Å²) in [5.41, 5.74) is 1.39. The molecule has 0 radical (unpaired) electrons. The number of piperidine rings is 1. The van der Waals surface area contributed by atoms with E-state index < -0.39 is 0 Å². The van der Waals surface area contributed by atoms with Crippen LogP contribution in [0.2, 0.25) is 5.02 Å². The third-order valence-corrected chi connectivity index (χ3v) is 5.24. The van der Waals surface area contributed by atoms with Gasteiger partial charge in [-0.05, 0) is 57.0 Å². The number of fused-ring (bicyclic) bond motifs is 1. The van der Waals surface area contributed by atoms with Crippen LogP contribution in [0.5, 0.6) is 0 Å². The van der Waals surface area contributed by atoms with Crippen LogP contribution in [-0.4, -0.2) is 42.0 Å². The summed E-state index contributed by atoms with van der Waals surface area (Å²) in [6.07, 6.45) is 5.48. The molecule has 110 valence electrons. The van der Waals surface area contributed by atoms with E-state index in [4.69, 9.17) is 11.6 Å². The fraction of sp³-hybridized carbons (Fsp3) is 0.647. The molecule has 0 saturated carbocycles. The minimum Gasteiger partial charge on any atom is -0.299 e. The zero-order valence-electron chi connectivity index (χ0n) is 12.4. The molecule has 2 aliphatic heterocycles. The monoisotopic (exact) mass is 292 g/mol. The predicted octanol–water partition coefficient (Wildman–Crippen LogP) is 3.96. The molecule has 0 spiro atoms. The van der Waals surface area contributed by atoms with Crippen LogP contribution in [0.15, 0.2) is 24.3 Å². The average molecular weight is 293 g/mol. The standard InChI is InChI=1S/C17H25ClN2/c1-14(15-6-8-16(18)9-7-15)20-12-4-11-19-10-3-2-5-17(19)13-20/h6-9,14,17H,2-5,10-13H2,1H3. The zero-order chi connectivity index (χ0) is 13.9. The first-order chi connectivity index (χ1) is 9.74. The van der Waals surface area contributed by atoms with Gasteiger partial charge >= 0.3 is 0 Å². The highest BCUT2D eigenvalue weighted by molar-refractivity contribution is 6.30. The second kappa shape index (κ2) is 6.46. The Balaban J connectivity index is 1.70. The third kappa shape index (κ3) is 3.19. The Bertz CT molecular complexity index is 431. The lowest BCUT2D eigenvalue weighted by atomic mass is 10.0. The number of rotatable bonds is 2. The summed E-state index contributed by atoms with van der Waals surface area (Å²) in [5, 5.41) is 0.829. The quantitative estimate of drug-likeness (QED) is 0.814. The van der Waals surface area contributed by atoms with Crippen molar-refractivity contribution < 1.29 is 0 Å². The lowest BCUT2D eigenvalue weighted by molar-refractivity contribution is 0.123. The van der Waals surface area contributed by atoms with E-state index in [9.17, 15) is 0 Å². The van der Waals surface area contributed by atoms with Crippen LogP contribution in [0.4, 0.5) is 0 Å². The SMILES string of the molecule is CC(c1ccc(Cl)cc1)N1CCCN2CCCCC2C1. The van der Waals surface area contributed by atoms with Gasteiger partial charge in [0, 0.05) is 30.2 Å². The van der Waals surface area contributed by atoms with E-state index in [-0.39, 0.29) is 0 Å². The minimum atomic E-state index is 0.495. The van der Waals surface area contributed by atoms with Crippen LogP contribution in [-0.2, 0) is 0 Å². The fourth-order valence-corrected chi connectivity index (χ4v) is 3.83. The predicted molar refractivity (Wildman–Crippen MR) is 85.3 cm³/mol. The molecule has 0 aromatic heterocycles. The normalized spacial score (nSPS) is 26.8. The number of nitrogens with zero attached hydrogens (tertiary/aromatic N) is 2. The lowest BCUT2D eigenvalue weighted by Crippen LogP contribution is -2.44. The van der Waals surface area contributed by atoms with E-state index in [2.05, 4.69) is 28.9 Å². The molecule has 0 amide bonds. The summed E-state index contributed by atoms with van der Waals surface area (Å²) in [6, 6.07) is 9.65. The van der Waals surface area contributed by atoms with Gasteiger partial charge in [-0.25, -0.2) is 0 Å². The van der Waals surface area contributed by atoms with Gasteiger partial charge in [0.2, 0.25) is 0 Å². The van der Waals surface area contributed by atoms with E-state index in [0.717, 1.165) is 11.1 Å². The summed E-state index contributed by atoms with van der Waals surface area (Å²) in [6.45, 7) is 7.38. The Morgan fingerprint density at radius 1 is 1.05 bits per heavy atom. The summed E-state index contributed by atoms with van der Waals surface area (Å²) >= 11 is 6.00. The molecule has 2 atom stereocenters. The average Bonchev–Trinajstić information content (AvgIpc) is 2.69. The van der Waals surface area contributed by atoms with Gasteiger partial charge in [0.1, 0.15) is 0 Å². The third-order valence-electron chi connectivity index (χ3n) is 4.99. The van der Waals surface area contributed by atoms with Gasteiger partial charge in [-0.1, -0.05) is 30.2 Å². The Kier molecular flexibility index (Phi) is 4.65. The van der Waals surface area contributed by atoms with E-state index in [1.54, 1.807) is 0 Å². The molecule has 1 aromatic rings. The van der Waals surface area contributed by atoms with Crippen LogP contribution >= 0.6 is 11.6 Å². The molecule has 2 heterocycles. The maximum absolute atomic E-state index is 6.00. The van der Waals surface area contributed by atoms with Gasteiger partial charge in [-0.15, -0.1) is 0 Å². The summed E-state index contributed by atoms with van der Waals surface area (Å²) in [7, 11) is 0. The maximum Gasteiger partial charge on any atom is 0.0406 e. The second-order valence-electron chi connectivity index (χ2n) is 6.26. The second-order valence-corrected chi connectivity index (χ2v) is 6.70. The fourth-order valence-electron chi connectivity index (χ4n) is 3.70. The summed E-state index contributed by atoms with van der Waals surface area (Å²) < 4.78 is 0. The molecule has 3 heteroatoms. The highest BCUT2D eigenvalue weighted by atomic mass is 35.5. The Morgan fingerprint density at radius 2 is 1.80 bits per heavy atom. The number of benzene rings is 1. The Labute approximate surface area is 127 Å². The first-order valence-electron chi connectivity index (χ1n) is 7.97. The van der Waals surface area contributed by atoms with Crippen molar-refractivity contribution >= 4 is 11.6 Å². The van der Waals surface area contributed by atoms with Gasteiger partial charge < -0.3 is 0 Å². The molecular weight excluding hydrogens is 268 g/mol. The summed E-state index contributed by atoms with van der Waals surface area (Å²) in [5.74, 6) is 0. The van der Waals surface area contributed by atoms with E-state index >= 15 is 0 Å². The van der Waals surface area contributed by atoms with Gasteiger partial charge in [-0.3, -0.25) is 9.80 Å².